The number of hydroxylamine groups is 2. The number of likely N-dealkylation sites (tertiary alicyclic amines) is 1. The zero-order valence-electron chi connectivity index (χ0n) is 19.2. The van der Waals surface area contributed by atoms with Crippen LogP contribution in [0.15, 0.2) is 48.5 Å². The molecule has 0 bridgehead atoms. The van der Waals surface area contributed by atoms with Crippen molar-refractivity contribution >= 4 is 12.2 Å². The Hall–Kier alpha value is -3.20. The van der Waals surface area contributed by atoms with Gasteiger partial charge >= 0.3 is 12.2 Å². The summed E-state index contributed by atoms with van der Waals surface area (Å²) >= 11 is 0. The summed E-state index contributed by atoms with van der Waals surface area (Å²) in [5.74, 6) is -3.58. The van der Waals surface area contributed by atoms with E-state index < -0.39 is 42.3 Å². The van der Waals surface area contributed by atoms with E-state index in [-0.39, 0.29) is 19.1 Å². The molecule has 1 aliphatic carbocycles. The van der Waals surface area contributed by atoms with E-state index in [1.807, 2.05) is 48.5 Å². The summed E-state index contributed by atoms with van der Waals surface area (Å²) in [6.07, 6.45) is -1.86. The van der Waals surface area contributed by atoms with Crippen LogP contribution in [0.4, 0.5) is 18.4 Å². The Kier molecular flexibility index (Phi) is 5.27. The maximum atomic E-state index is 14.9. The van der Waals surface area contributed by atoms with Crippen LogP contribution in [-0.4, -0.2) is 65.5 Å². The highest BCUT2D eigenvalue weighted by Crippen LogP contribution is 2.45. The highest BCUT2D eigenvalue weighted by Gasteiger charge is 2.64. The van der Waals surface area contributed by atoms with Crippen molar-refractivity contribution < 1.29 is 32.7 Å². The van der Waals surface area contributed by atoms with Gasteiger partial charge in [0, 0.05) is 5.92 Å². The number of ether oxygens (including phenoxy) is 2. The molecule has 0 saturated carbocycles. The molecule has 2 heterocycles. The smallest absolute Gasteiger partial charge is 0.434 e. The Morgan fingerprint density at radius 1 is 1.03 bits per heavy atom. The van der Waals surface area contributed by atoms with Crippen LogP contribution in [0.25, 0.3) is 11.1 Å². The highest BCUT2D eigenvalue weighted by molar-refractivity contribution is 5.79. The lowest BCUT2D eigenvalue weighted by molar-refractivity contribution is -0.161. The van der Waals surface area contributed by atoms with Gasteiger partial charge in [-0.05, 0) is 43.0 Å². The number of hydrogen-bond acceptors (Lipinski definition) is 5. The van der Waals surface area contributed by atoms with Crippen molar-refractivity contribution in [3.05, 3.63) is 59.7 Å². The van der Waals surface area contributed by atoms with Crippen LogP contribution in [0.3, 0.4) is 0 Å². The van der Waals surface area contributed by atoms with Crippen molar-refractivity contribution in [2.75, 3.05) is 19.8 Å². The van der Waals surface area contributed by atoms with Gasteiger partial charge in [0.05, 0.1) is 19.2 Å². The molecule has 2 aromatic carbocycles. The quantitative estimate of drug-likeness (QED) is 0.628. The fourth-order valence-corrected chi connectivity index (χ4v) is 4.98. The fraction of sp³-hybridized carbons (Fsp3) is 0.440. The number of carbonyl (C=O) groups is 2. The zero-order chi connectivity index (χ0) is 24.3. The second-order valence-electron chi connectivity index (χ2n) is 9.81. The van der Waals surface area contributed by atoms with Gasteiger partial charge in [0.15, 0.2) is 6.04 Å². The third-order valence-corrected chi connectivity index (χ3v) is 6.36. The largest absolute Gasteiger partial charge is 0.447 e. The molecule has 34 heavy (non-hydrogen) atoms. The van der Waals surface area contributed by atoms with E-state index in [9.17, 15) is 18.4 Å². The molecule has 0 radical (unpaired) electrons. The lowest BCUT2D eigenvalue weighted by atomic mass is 9.98. The molecular formula is C25H26F2N2O5. The highest BCUT2D eigenvalue weighted by atomic mass is 19.3. The van der Waals surface area contributed by atoms with Crippen LogP contribution in [0.1, 0.15) is 37.8 Å². The van der Waals surface area contributed by atoms with Gasteiger partial charge in [-0.25, -0.2) is 18.4 Å². The number of alkyl halides is 2. The summed E-state index contributed by atoms with van der Waals surface area (Å²) < 4.78 is 40.6. The number of hydrogen-bond donors (Lipinski definition) is 0. The summed E-state index contributed by atoms with van der Waals surface area (Å²) in [7, 11) is 0. The van der Waals surface area contributed by atoms with E-state index in [4.69, 9.17) is 14.3 Å². The Morgan fingerprint density at radius 2 is 1.62 bits per heavy atom. The molecule has 2 unspecified atom stereocenters. The Labute approximate surface area is 196 Å². The van der Waals surface area contributed by atoms with Crippen molar-refractivity contribution in [1.29, 1.82) is 0 Å². The third kappa shape index (κ3) is 3.77. The van der Waals surface area contributed by atoms with Crippen LogP contribution in [0.5, 0.6) is 0 Å². The van der Waals surface area contributed by atoms with E-state index in [2.05, 4.69) is 0 Å². The van der Waals surface area contributed by atoms with Crippen molar-refractivity contribution in [1.82, 2.24) is 9.96 Å². The van der Waals surface area contributed by atoms with E-state index in [0.717, 1.165) is 27.2 Å². The van der Waals surface area contributed by atoms with Gasteiger partial charge in [-0.3, -0.25) is 9.74 Å². The molecule has 2 atom stereocenters. The molecule has 2 saturated heterocycles. The molecule has 0 spiro atoms. The monoisotopic (exact) mass is 472 g/mol. The van der Waals surface area contributed by atoms with Gasteiger partial charge in [-0.15, -0.1) is 0 Å². The zero-order valence-corrected chi connectivity index (χ0v) is 19.2. The van der Waals surface area contributed by atoms with Gasteiger partial charge < -0.3 is 9.47 Å². The molecule has 0 N–H and O–H groups in total. The second kappa shape index (κ2) is 7.94. The summed E-state index contributed by atoms with van der Waals surface area (Å²) in [6.45, 7) is 3.85. The Bertz CT molecular complexity index is 1090. The van der Waals surface area contributed by atoms with E-state index in [1.165, 1.54) is 0 Å². The molecular weight excluding hydrogens is 446 g/mol. The number of benzene rings is 2. The predicted octanol–water partition coefficient (Wildman–Crippen LogP) is 4.81. The van der Waals surface area contributed by atoms with Crippen molar-refractivity contribution in [2.24, 2.45) is 0 Å². The summed E-state index contributed by atoms with van der Waals surface area (Å²) in [5, 5.41) is 0.585. The maximum Gasteiger partial charge on any atom is 0.434 e. The van der Waals surface area contributed by atoms with Crippen molar-refractivity contribution in [3.8, 4) is 11.1 Å². The minimum absolute atomic E-state index is 0.0224. The molecule has 2 fully saturated rings. The molecule has 180 valence electrons. The molecule has 3 aliphatic rings. The van der Waals surface area contributed by atoms with Crippen molar-refractivity contribution in [3.63, 3.8) is 0 Å². The first kappa shape index (κ1) is 22.6. The van der Waals surface area contributed by atoms with Gasteiger partial charge in [0.2, 0.25) is 0 Å². The summed E-state index contributed by atoms with van der Waals surface area (Å²) in [5.41, 5.74) is 3.31. The number of fused-ring (bicyclic) bond motifs is 4. The number of amides is 2. The first-order chi connectivity index (χ1) is 16.1. The van der Waals surface area contributed by atoms with E-state index in [0.29, 0.717) is 5.06 Å². The average Bonchev–Trinajstić information content (AvgIpc) is 3.42. The molecule has 2 aromatic rings. The minimum Gasteiger partial charge on any atom is -0.447 e. The molecule has 2 amide bonds. The molecule has 7 nitrogen and oxygen atoms in total. The van der Waals surface area contributed by atoms with Crippen LogP contribution in [-0.2, 0) is 14.3 Å². The SMILES string of the molecule is CC(C)(C)OC(=O)N1CC(F)(F)C2C1CON2C(=O)OCC1c2ccccc2-c2ccccc21. The number of rotatable bonds is 2. The van der Waals surface area contributed by atoms with E-state index in [1.54, 1.807) is 20.8 Å². The Balaban J connectivity index is 1.31. The summed E-state index contributed by atoms with van der Waals surface area (Å²) in [4.78, 5) is 31.6. The van der Waals surface area contributed by atoms with Crippen LogP contribution < -0.4 is 0 Å². The molecule has 9 heteroatoms. The van der Waals surface area contributed by atoms with E-state index >= 15 is 0 Å². The first-order valence-corrected chi connectivity index (χ1v) is 11.2. The van der Waals surface area contributed by atoms with Crippen LogP contribution in [0, 0.1) is 0 Å². The molecule has 5 rings (SSSR count). The standard InChI is InChI=1S/C25H26F2N2O5/c1-24(2,3)34-22(30)28-14-25(26,27)21-20(28)13-33-29(21)23(31)32-12-19-17-10-6-4-8-15(17)16-9-5-7-11-18(16)19/h4-11,19-21H,12-14H2,1-3H3. The number of carbonyl (C=O) groups excluding carboxylic acids is 2. The Morgan fingerprint density at radius 3 is 2.21 bits per heavy atom. The normalized spacial score (nSPS) is 22.9. The van der Waals surface area contributed by atoms with Gasteiger partial charge in [-0.1, -0.05) is 48.5 Å². The second-order valence-corrected chi connectivity index (χ2v) is 9.81. The topological polar surface area (TPSA) is 68.3 Å². The first-order valence-electron chi connectivity index (χ1n) is 11.2. The lowest BCUT2D eigenvalue weighted by Crippen LogP contribution is -2.48. The van der Waals surface area contributed by atoms with Gasteiger partial charge in [0.25, 0.3) is 5.92 Å². The van der Waals surface area contributed by atoms with Crippen LogP contribution in [0.2, 0.25) is 0 Å². The fourth-order valence-electron chi connectivity index (χ4n) is 4.98. The van der Waals surface area contributed by atoms with Crippen LogP contribution >= 0.6 is 0 Å². The van der Waals surface area contributed by atoms with Gasteiger partial charge in [0.1, 0.15) is 12.2 Å². The number of halogens is 2. The predicted molar refractivity (Wildman–Crippen MR) is 118 cm³/mol. The third-order valence-electron chi connectivity index (χ3n) is 6.36. The molecule has 2 aliphatic heterocycles. The lowest BCUT2D eigenvalue weighted by Gasteiger charge is -2.26. The average molecular weight is 472 g/mol. The van der Waals surface area contributed by atoms with Crippen molar-refractivity contribution in [2.45, 2.75) is 50.3 Å². The number of nitrogens with zero attached hydrogens (tertiary/aromatic N) is 2. The van der Waals surface area contributed by atoms with Gasteiger partial charge in [-0.2, -0.15) is 5.06 Å². The maximum absolute atomic E-state index is 14.9. The minimum atomic E-state index is -3.37. The summed E-state index contributed by atoms with van der Waals surface area (Å²) in [6, 6.07) is 13.0. The molecule has 0 aromatic heterocycles.